The van der Waals surface area contributed by atoms with Gasteiger partial charge in [0, 0.05) is 6.04 Å². The molecule has 0 bridgehead atoms. The zero-order valence-electron chi connectivity index (χ0n) is 9.32. The van der Waals surface area contributed by atoms with Crippen molar-refractivity contribution in [2.45, 2.75) is 12.5 Å². The molecule has 4 nitrogen and oxygen atoms in total. The van der Waals surface area contributed by atoms with E-state index in [4.69, 9.17) is 11.6 Å². The lowest BCUT2D eigenvalue weighted by Crippen LogP contribution is -2.36. The zero-order valence-corrected chi connectivity index (χ0v) is 10.9. The Bertz CT molecular complexity index is 568. The Balaban J connectivity index is 2.14. The topological polar surface area (TPSA) is 63.2 Å². The Morgan fingerprint density at radius 1 is 1.44 bits per heavy atom. The summed E-state index contributed by atoms with van der Waals surface area (Å²) >= 11 is 5.75. The normalized spacial score (nSPS) is 21.8. The Morgan fingerprint density at radius 3 is 2.72 bits per heavy atom. The van der Waals surface area contributed by atoms with E-state index in [-0.39, 0.29) is 22.1 Å². The van der Waals surface area contributed by atoms with Crippen LogP contribution in [0.2, 0.25) is 5.02 Å². The van der Waals surface area contributed by atoms with E-state index >= 15 is 0 Å². The second-order valence-corrected chi connectivity index (χ2v) is 6.81. The molecule has 98 valence electrons. The molecule has 0 saturated carbocycles. The minimum absolute atomic E-state index is 0.00774. The average Bonchev–Trinajstić information content (AvgIpc) is 2.57. The number of carbonyl (C=O) groups is 1. The monoisotopic (exact) mass is 291 g/mol. The van der Waals surface area contributed by atoms with Gasteiger partial charge in [0.25, 0.3) is 5.91 Å². The first-order valence-electron chi connectivity index (χ1n) is 5.34. The molecule has 1 N–H and O–H groups in total. The third-order valence-corrected chi connectivity index (χ3v) is 4.84. The fourth-order valence-corrected chi connectivity index (χ4v) is 3.80. The third-order valence-electron chi connectivity index (χ3n) is 2.76. The van der Waals surface area contributed by atoms with Crippen LogP contribution in [0.25, 0.3) is 0 Å². The predicted molar refractivity (Wildman–Crippen MR) is 65.9 cm³/mol. The lowest BCUT2D eigenvalue weighted by molar-refractivity contribution is 0.0937. The van der Waals surface area contributed by atoms with Crippen LogP contribution in [0.4, 0.5) is 4.39 Å². The van der Waals surface area contributed by atoms with Crippen molar-refractivity contribution in [3.8, 4) is 0 Å². The molecule has 0 aliphatic carbocycles. The van der Waals surface area contributed by atoms with Crippen molar-refractivity contribution in [1.29, 1.82) is 0 Å². The largest absolute Gasteiger partial charge is 0.348 e. The van der Waals surface area contributed by atoms with E-state index in [0.717, 1.165) is 6.07 Å². The van der Waals surface area contributed by atoms with Crippen LogP contribution in [0.15, 0.2) is 18.2 Å². The Kier molecular flexibility index (Phi) is 3.59. The maximum atomic E-state index is 13.5. The fourth-order valence-electron chi connectivity index (χ4n) is 1.88. The van der Waals surface area contributed by atoms with Gasteiger partial charge >= 0.3 is 0 Å². The van der Waals surface area contributed by atoms with Crippen LogP contribution in [0, 0.1) is 5.82 Å². The average molecular weight is 292 g/mol. The molecule has 1 aromatic rings. The summed E-state index contributed by atoms with van der Waals surface area (Å²) in [6.45, 7) is 0. The summed E-state index contributed by atoms with van der Waals surface area (Å²) in [4.78, 5) is 11.8. The Hall–Kier alpha value is -1.14. The van der Waals surface area contributed by atoms with Crippen LogP contribution in [-0.4, -0.2) is 31.9 Å². The van der Waals surface area contributed by atoms with Gasteiger partial charge in [0.1, 0.15) is 5.82 Å². The van der Waals surface area contributed by atoms with E-state index in [1.165, 1.54) is 12.1 Å². The van der Waals surface area contributed by atoms with Crippen molar-refractivity contribution >= 4 is 27.3 Å². The van der Waals surface area contributed by atoms with E-state index in [0.29, 0.717) is 6.42 Å². The SMILES string of the molecule is O=C(NC1CCS(=O)(=O)C1)c1c(F)cccc1Cl. The quantitative estimate of drug-likeness (QED) is 0.896. The number of halogens is 2. The second kappa shape index (κ2) is 4.85. The van der Waals surface area contributed by atoms with Crippen LogP contribution in [0.1, 0.15) is 16.8 Å². The number of benzene rings is 1. The number of hydrogen-bond donors (Lipinski definition) is 1. The Labute approximate surface area is 109 Å². The van der Waals surface area contributed by atoms with Gasteiger partial charge in [0.2, 0.25) is 0 Å². The van der Waals surface area contributed by atoms with Crippen molar-refractivity contribution in [3.63, 3.8) is 0 Å². The molecule has 1 saturated heterocycles. The van der Waals surface area contributed by atoms with Gasteiger partial charge in [0.05, 0.1) is 22.1 Å². The number of sulfone groups is 1. The standard InChI is InChI=1S/C11H11ClFNO3S/c12-8-2-1-3-9(13)10(8)11(15)14-7-4-5-18(16,17)6-7/h1-3,7H,4-6H2,(H,14,15). The van der Waals surface area contributed by atoms with Crippen LogP contribution < -0.4 is 5.32 Å². The van der Waals surface area contributed by atoms with Crippen LogP contribution in [0.5, 0.6) is 0 Å². The minimum Gasteiger partial charge on any atom is -0.348 e. The molecule has 18 heavy (non-hydrogen) atoms. The maximum Gasteiger partial charge on any atom is 0.256 e. The maximum absolute atomic E-state index is 13.5. The molecule has 2 rings (SSSR count). The molecule has 1 fully saturated rings. The smallest absolute Gasteiger partial charge is 0.256 e. The third kappa shape index (κ3) is 2.81. The number of hydrogen-bond acceptors (Lipinski definition) is 3. The van der Waals surface area contributed by atoms with E-state index < -0.39 is 27.6 Å². The van der Waals surface area contributed by atoms with E-state index in [2.05, 4.69) is 5.32 Å². The number of carbonyl (C=O) groups excluding carboxylic acids is 1. The molecule has 0 spiro atoms. The molecular formula is C11H11ClFNO3S. The number of rotatable bonds is 2. The summed E-state index contributed by atoms with van der Waals surface area (Å²) in [6, 6.07) is 3.46. The highest BCUT2D eigenvalue weighted by Gasteiger charge is 2.30. The number of nitrogens with one attached hydrogen (secondary N) is 1. The highest BCUT2D eigenvalue weighted by molar-refractivity contribution is 7.91. The molecule has 1 amide bonds. The lowest BCUT2D eigenvalue weighted by Gasteiger charge is -2.12. The van der Waals surface area contributed by atoms with Gasteiger partial charge in [-0.1, -0.05) is 17.7 Å². The van der Waals surface area contributed by atoms with Gasteiger partial charge in [-0.3, -0.25) is 4.79 Å². The summed E-state index contributed by atoms with van der Waals surface area (Å²) in [6.07, 6.45) is 0.347. The first-order chi connectivity index (χ1) is 8.39. The first kappa shape index (κ1) is 13.3. The van der Waals surface area contributed by atoms with Gasteiger partial charge in [-0.05, 0) is 18.6 Å². The van der Waals surface area contributed by atoms with Crippen molar-refractivity contribution < 1.29 is 17.6 Å². The molecule has 1 aromatic carbocycles. The zero-order chi connectivity index (χ0) is 13.3. The Morgan fingerprint density at radius 2 is 2.17 bits per heavy atom. The summed E-state index contributed by atoms with van der Waals surface area (Å²) in [5.41, 5.74) is -0.247. The molecule has 1 atom stereocenters. The van der Waals surface area contributed by atoms with E-state index in [1.807, 2.05) is 0 Å². The molecule has 1 heterocycles. The summed E-state index contributed by atoms with van der Waals surface area (Å²) in [5.74, 6) is -1.46. The molecular weight excluding hydrogens is 281 g/mol. The minimum atomic E-state index is -3.08. The molecule has 1 aliphatic heterocycles. The van der Waals surface area contributed by atoms with E-state index in [9.17, 15) is 17.6 Å². The van der Waals surface area contributed by atoms with Crippen LogP contribution >= 0.6 is 11.6 Å². The summed E-state index contributed by atoms with van der Waals surface area (Å²) in [5, 5.41) is 2.50. The van der Waals surface area contributed by atoms with Crippen LogP contribution in [-0.2, 0) is 9.84 Å². The summed E-state index contributed by atoms with van der Waals surface area (Å²) < 4.78 is 35.9. The van der Waals surface area contributed by atoms with Gasteiger partial charge in [-0.15, -0.1) is 0 Å². The van der Waals surface area contributed by atoms with E-state index in [1.54, 1.807) is 0 Å². The molecule has 0 radical (unpaired) electrons. The van der Waals surface area contributed by atoms with Crippen molar-refractivity contribution in [2.24, 2.45) is 0 Å². The predicted octanol–water partition coefficient (Wildman–Crippen LogP) is 1.40. The first-order valence-corrected chi connectivity index (χ1v) is 7.54. The lowest BCUT2D eigenvalue weighted by atomic mass is 10.1. The molecule has 1 aliphatic rings. The highest BCUT2D eigenvalue weighted by Crippen LogP contribution is 2.20. The van der Waals surface area contributed by atoms with Crippen LogP contribution in [0.3, 0.4) is 0 Å². The number of amides is 1. The second-order valence-electron chi connectivity index (χ2n) is 4.17. The van der Waals surface area contributed by atoms with Gasteiger partial charge in [-0.25, -0.2) is 12.8 Å². The van der Waals surface area contributed by atoms with Gasteiger partial charge in [-0.2, -0.15) is 0 Å². The highest BCUT2D eigenvalue weighted by atomic mass is 35.5. The molecule has 7 heteroatoms. The van der Waals surface area contributed by atoms with Crippen molar-refractivity contribution in [1.82, 2.24) is 5.32 Å². The fraction of sp³-hybridized carbons (Fsp3) is 0.364. The molecule has 0 aromatic heterocycles. The van der Waals surface area contributed by atoms with Crippen molar-refractivity contribution in [2.75, 3.05) is 11.5 Å². The summed E-state index contributed by atoms with van der Waals surface area (Å²) in [7, 11) is -3.08. The van der Waals surface area contributed by atoms with Crippen molar-refractivity contribution in [3.05, 3.63) is 34.6 Å². The van der Waals surface area contributed by atoms with Gasteiger partial charge < -0.3 is 5.32 Å². The molecule has 1 unspecified atom stereocenters. The van der Waals surface area contributed by atoms with Gasteiger partial charge in [0.15, 0.2) is 9.84 Å².